The lowest BCUT2D eigenvalue weighted by atomic mass is 10.0. The standard InChI is InChI=1S/C34H38F4N8O4/c1-4-31(47)42-24-16-25(28(49-3)17-27(24)44-11-8-21(9-12-44)45-14-13-43(2)32(48)19-45)41-29-18-30(40-20-39-29)46-26(10-15-50-46)22-6-5-7-23(33(22)35)34(36,37)38/h4-7,16-18,20-21,26H,1,8-15,19H2,2-3H3,(H,42,47)(H,39,40,41)/t26-/m1/s1. The number of carbonyl (C=O) groups excluding carboxylic acids is 2. The Kier molecular flexibility index (Phi) is 10.1. The third-order valence-corrected chi connectivity index (χ3v) is 9.31. The van der Waals surface area contributed by atoms with E-state index in [-0.39, 0.29) is 42.2 Å². The van der Waals surface area contributed by atoms with E-state index in [1.165, 1.54) is 42.8 Å². The maximum atomic E-state index is 15.1. The summed E-state index contributed by atoms with van der Waals surface area (Å²) in [6, 6.07) is 7.64. The van der Waals surface area contributed by atoms with Crippen LogP contribution in [0, 0.1) is 5.82 Å². The predicted molar refractivity (Wildman–Crippen MR) is 179 cm³/mol. The Hall–Kier alpha value is -4.96. The number of halogens is 4. The molecule has 0 bridgehead atoms. The van der Waals surface area contributed by atoms with E-state index >= 15 is 4.39 Å². The summed E-state index contributed by atoms with van der Waals surface area (Å²) < 4.78 is 61.2. The zero-order chi connectivity index (χ0) is 35.6. The maximum Gasteiger partial charge on any atom is 0.419 e. The number of rotatable bonds is 9. The minimum Gasteiger partial charge on any atom is -0.494 e. The van der Waals surface area contributed by atoms with Crippen LogP contribution in [-0.4, -0.2) is 91.1 Å². The van der Waals surface area contributed by atoms with Crippen molar-refractivity contribution in [3.63, 3.8) is 0 Å². The Morgan fingerprint density at radius 1 is 1.08 bits per heavy atom. The number of hydroxylamine groups is 1. The van der Waals surface area contributed by atoms with Crippen molar-refractivity contribution in [1.82, 2.24) is 19.8 Å². The molecule has 3 saturated heterocycles. The van der Waals surface area contributed by atoms with Gasteiger partial charge in [-0.25, -0.2) is 19.4 Å². The Labute approximate surface area is 286 Å². The summed E-state index contributed by atoms with van der Waals surface area (Å²) in [5.74, 6) is -0.716. The van der Waals surface area contributed by atoms with E-state index in [0.717, 1.165) is 25.1 Å². The molecule has 12 nitrogen and oxygen atoms in total. The molecule has 0 unspecified atom stereocenters. The molecule has 2 amide bonds. The molecule has 3 aromatic rings. The van der Waals surface area contributed by atoms with Crippen molar-refractivity contribution in [2.24, 2.45) is 0 Å². The van der Waals surface area contributed by atoms with Crippen LogP contribution in [0.5, 0.6) is 5.75 Å². The Bertz CT molecular complexity index is 1750. The van der Waals surface area contributed by atoms with Crippen molar-refractivity contribution in [2.45, 2.75) is 37.5 Å². The zero-order valence-corrected chi connectivity index (χ0v) is 27.7. The number of piperazine rings is 1. The van der Waals surface area contributed by atoms with Crippen LogP contribution >= 0.6 is 0 Å². The first kappa shape index (κ1) is 34.9. The van der Waals surface area contributed by atoms with E-state index in [2.05, 4.69) is 37.0 Å². The van der Waals surface area contributed by atoms with Crippen molar-refractivity contribution >= 4 is 40.5 Å². The van der Waals surface area contributed by atoms with Crippen LogP contribution in [0.2, 0.25) is 0 Å². The molecule has 16 heteroatoms. The summed E-state index contributed by atoms with van der Waals surface area (Å²) in [5, 5.41) is 7.35. The molecule has 0 saturated carbocycles. The number of aromatic nitrogens is 2. The van der Waals surface area contributed by atoms with Gasteiger partial charge in [0.25, 0.3) is 0 Å². The van der Waals surface area contributed by atoms with Crippen LogP contribution < -0.4 is 25.3 Å². The highest BCUT2D eigenvalue weighted by atomic mass is 19.4. The summed E-state index contributed by atoms with van der Waals surface area (Å²) in [4.78, 5) is 45.2. The molecule has 0 radical (unpaired) electrons. The van der Waals surface area contributed by atoms with Crippen molar-refractivity contribution in [1.29, 1.82) is 0 Å². The van der Waals surface area contributed by atoms with Gasteiger partial charge in [-0.05, 0) is 31.1 Å². The third kappa shape index (κ3) is 7.31. The normalized spacial score (nSPS) is 19.1. The largest absolute Gasteiger partial charge is 0.494 e. The van der Waals surface area contributed by atoms with E-state index in [9.17, 15) is 22.8 Å². The number of likely N-dealkylation sites (N-methyl/N-ethyl adjacent to an activating group) is 1. The van der Waals surface area contributed by atoms with Gasteiger partial charge >= 0.3 is 6.18 Å². The maximum absolute atomic E-state index is 15.1. The van der Waals surface area contributed by atoms with Crippen molar-refractivity contribution in [3.8, 4) is 5.75 Å². The van der Waals surface area contributed by atoms with Crippen molar-refractivity contribution in [2.75, 3.05) is 74.1 Å². The highest BCUT2D eigenvalue weighted by Gasteiger charge is 2.38. The molecular weight excluding hydrogens is 660 g/mol. The highest BCUT2D eigenvalue weighted by molar-refractivity contribution is 6.02. The molecular formula is C34H38F4N8O4. The lowest BCUT2D eigenvalue weighted by Gasteiger charge is -2.42. The molecule has 1 atom stereocenters. The van der Waals surface area contributed by atoms with Crippen LogP contribution in [0.25, 0.3) is 0 Å². The molecule has 3 aliphatic heterocycles. The molecule has 6 rings (SSSR count). The minimum absolute atomic E-state index is 0.120. The summed E-state index contributed by atoms with van der Waals surface area (Å²) in [5.41, 5.74) is 0.192. The summed E-state index contributed by atoms with van der Waals surface area (Å²) in [6.45, 7) is 7.05. The van der Waals surface area contributed by atoms with Crippen LogP contribution in [0.15, 0.2) is 55.4 Å². The monoisotopic (exact) mass is 698 g/mol. The topological polar surface area (TPSA) is 115 Å². The number of hydrogen-bond donors (Lipinski definition) is 2. The van der Waals surface area contributed by atoms with Gasteiger partial charge < -0.3 is 25.2 Å². The Morgan fingerprint density at radius 3 is 2.56 bits per heavy atom. The Morgan fingerprint density at radius 2 is 1.86 bits per heavy atom. The van der Waals surface area contributed by atoms with Crippen molar-refractivity contribution < 1.29 is 36.7 Å². The van der Waals surface area contributed by atoms with Gasteiger partial charge in [0.1, 0.15) is 23.7 Å². The fourth-order valence-electron chi connectivity index (χ4n) is 6.62. The molecule has 4 heterocycles. The average Bonchev–Trinajstić information content (AvgIpc) is 3.59. The second-order valence-corrected chi connectivity index (χ2v) is 12.3. The fourth-order valence-corrected chi connectivity index (χ4v) is 6.62. The highest BCUT2D eigenvalue weighted by Crippen LogP contribution is 2.42. The average molecular weight is 699 g/mol. The van der Waals surface area contributed by atoms with Gasteiger partial charge in [0.2, 0.25) is 11.8 Å². The minimum atomic E-state index is -4.85. The second-order valence-electron chi connectivity index (χ2n) is 12.3. The first-order valence-corrected chi connectivity index (χ1v) is 16.2. The number of methoxy groups -OCH3 is 1. The van der Waals surface area contributed by atoms with Gasteiger partial charge in [0.15, 0.2) is 5.82 Å². The first-order chi connectivity index (χ1) is 24.0. The quantitative estimate of drug-likeness (QED) is 0.230. The van der Waals surface area contributed by atoms with E-state index in [1.807, 2.05) is 13.1 Å². The molecule has 0 aliphatic carbocycles. The van der Waals surface area contributed by atoms with E-state index in [4.69, 9.17) is 9.57 Å². The van der Waals surface area contributed by atoms with Gasteiger partial charge in [-0.2, -0.15) is 13.2 Å². The van der Waals surface area contributed by atoms with Crippen LogP contribution in [0.1, 0.15) is 36.4 Å². The molecule has 3 fully saturated rings. The molecule has 3 aliphatic rings. The number of piperidine rings is 1. The molecule has 0 spiro atoms. The molecule has 1 aromatic heterocycles. The van der Waals surface area contributed by atoms with Gasteiger partial charge in [-0.1, -0.05) is 18.7 Å². The number of anilines is 5. The number of carbonyl (C=O) groups is 2. The van der Waals surface area contributed by atoms with E-state index < -0.39 is 29.5 Å². The van der Waals surface area contributed by atoms with Gasteiger partial charge in [-0.3, -0.25) is 19.3 Å². The summed E-state index contributed by atoms with van der Waals surface area (Å²) in [6.07, 6.45) is -0.523. The molecule has 2 aromatic carbocycles. The smallest absolute Gasteiger partial charge is 0.419 e. The number of alkyl halides is 3. The first-order valence-electron chi connectivity index (χ1n) is 16.2. The van der Waals surface area contributed by atoms with Crippen LogP contribution in [-0.2, 0) is 20.6 Å². The van der Waals surface area contributed by atoms with Gasteiger partial charge in [-0.15, -0.1) is 0 Å². The van der Waals surface area contributed by atoms with E-state index in [0.29, 0.717) is 49.4 Å². The third-order valence-electron chi connectivity index (χ3n) is 9.31. The number of amides is 2. The summed E-state index contributed by atoms with van der Waals surface area (Å²) in [7, 11) is 3.33. The number of benzene rings is 2. The predicted octanol–water partition coefficient (Wildman–Crippen LogP) is 5.14. The molecule has 2 N–H and O–H groups in total. The number of nitrogens with zero attached hydrogens (tertiary/aromatic N) is 6. The second kappa shape index (κ2) is 14.5. The van der Waals surface area contributed by atoms with Gasteiger partial charge in [0.05, 0.1) is 48.9 Å². The molecule has 50 heavy (non-hydrogen) atoms. The number of hydrogen-bond acceptors (Lipinski definition) is 10. The molecule has 266 valence electrons. The van der Waals surface area contributed by atoms with Crippen LogP contribution in [0.3, 0.4) is 0 Å². The zero-order valence-electron chi connectivity index (χ0n) is 27.7. The lowest BCUT2D eigenvalue weighted by molar-refractivity contribution is -0.140. The van der Waals surface area contributed by atoms with Gasteiger partial charge in [0, 0.05) is 63.4 Å². The SMILES string of the molecule is C=CC(=O)Nc1cc(Nc2cc(N3OCC[C@@H]3c3cccc(C(F)(F)F)c3F)ncn2)c(OC)cc1N1CCC(N2CCN(C)C(=O)C2)CC1. The van der Waals surface area contributed by atoms with Crippen molar-refractivity contribution in [3.05, 3.63) is 72.3 Å². The summed E-state index contributed by atoms with van der Waals surface area (Å²) >= 11 is 0. The van der Waals surface area contributed by atoms with E-state index in [1.54, 1.807) is 11.0 Å². The van der Waals surface area contributed by atoms with Crippen LogP contribution in [0.4, 0.5) is 46.3 Å². The number of ether oxygens (including phenoxy) is 1. The lowest BCUT2D eigenvalue weighted by Crippen LogP contribution is -2.54. The Balaban J connectivity index is 1.23. The fraction of sp³-hybridized carbons (Fsp3) is 0.412. The number of nitrogens with one attached hydrogen (secondary N) is 2.